The van der Waals surface area contributed by atoms with Crippen LogP contribution in [0, 0.1) is 0 Å². The molecular weight excluding hydrogens is 224 g/mol. The Morgan fingerprint density at radius 3 is 2.35 bits per heavy atom. The number of rotatable bonds is 8. The molecule has 0 heterocycles. The topological polar surface area (TPSA) is 83.8 Å². The van der Waals surface area contributed by atoms with Gasteiger partial charge in [0.15, 0.2) is 0 Å². The van der Waals surface area contributed by atoms with E-state index in [2.05, 4.69) is 0 Å². The lowest BCUT2D eigenvalue weighted by Gasteiger charge is -2.26. The van der Waals surface area contributed by atoms with Crippen LogP contribution in [0.3, 0.4) is 0 Å². The Morgan fingerprint density at radius 1 is 1.35 bits per heavy atom. The van der Waals surface area contributed by atoms with Crippen molar-refractivity contribution in [1.29, 1.82) is 0 Å². The molecule has 0 radical (unpaired) electrons. The Morgan fingerprint density at radius 2 is 1.94 bits per heavy atom. The number of hydrogen-bond donors (Lipinski definition) is 2. The van der Waals surface area contributed by atoms with Gasteiger partial charge in [0.2, 0.25) is 5.60 Å². The molecule has 0 aliphatic heterocycles. The lowest BCUT2D eigenvalue weighted by Crippen LogP contribution is -2.42. The number of ether oxygens (including phenoxy) is 1. The molecule has 0 fully saturated rings. The van der Waals surface area contributed by atoms with Crippen LogP contribution in [0.1, 0.15) is 52.9 Å². The third-order valence-electron chi connectivity index (χ3n) is 2.46. The first kappa shape index (κ1) is 15.9. The highest BCUT2D eigenvalue weighted by molar-refractivity contribution is 5.81. The second-order valence-electron chi connectivity index (χ2n) is 4.52. The highest BCUT2D eigenvalue weighted by atomic mass is 16.6. The minimum atomic E-state index is -1.64. The lowest BCUT2D eigenvalue weighted by molar-refractivity contribution is -0.179. The van der Waals surface area contributed by atoms with Crippen molar-refractivity contribution in [1.82, 2.24) is 0 Å². The average molecular weight is 246 g/mol. The molecule has 0 aromatic rings. The molecule has 0 aliphatic carbocycles. The minimum Gasteiger partial charge on any atom is -0.478 e. The van der Waals surface area contributed by atoms with Gasteiger partial charge in [-0.3, -0.25) is 4.79 Å². The maximum Gasteiger partial charge on any atom is 0.347 e. The van der Waals surface area contributed by atoms with Gasteiger partial charge in [0.25, 0.3) is 0 Å². The molecular formula is C12H22O5. The van der Waals surface area contributed by atoms with E-state index in [9.17, 15) is 14.7 Å². The molecule has 0 saturated heterocycles. The third-order valence-corrected chi connectivity index (χ3v) is 2.46. The summed E-state index contributed by atoms with van der Waals surface area (Å²) >= 11 is 0. The minimum absolute atomic E-state index is 0.109. The van der Waals surface area contributed by atoms with Gasteiger partial charge in [0.1, 0.15) is 0 Å². The van der Waals surface area contributed by atoms with E-state index < -0.39 is 23.6 Å². The normalized spacial score (nSPS) is 16.0. The summed E-state index contributed by atoms with van der Waals surface area (Å²) in [5, 5.41) is 18.2. The molecule has 0 saturated carbocycles. The fourth-order valence-electron chi connectivity index (χ4n) is 1.56. The summed E-state index contributed by atoms with van der Waals surface area (Å²) in [5.74, 6) is -1.76. The average Bonchev–Trinajstić information content (AvgIpc) is 2.16. The molecule has 0 aliphatic rings. The van der Waals surface area contributed by atoms with Crippen molar-refractivity contribution in [3.8, 4) is 0 Å². The molecule has 0 bridgehead atoms. The monoisotopic (exact) mass is 246 g/mol. The van der Waals surface area contributed by atoms with Crippen LogP contribution < -0.4 is 0 Å². The first-order valence-corrected chi connectivity index (χ1v) is 5.95. The van der Waals surface area contributed by atoms with E-state index in [0.717, 1.165) is 12.8 Å². The summed E-state index contributed by atoms with van der Waals surface area (Å²) in [5.41, 5.74) is -1.64. The first-order chi connectivity index (χ1) is 7.81. The van der Waals surface area contributed by atoms with E-state index in [4.69, 9.17) is 9.84 Å². The Labute approximate surface area is 102 Å². The highest BCUT2D eigenvalue weighted by Crippen LogP contribution is 2.20. The largest absolute Gasteiger partial charge is 0.478 e. The molecule has 0 amide bonds. The molecule has 17 heavy (non-hydrogen) atoms. The smallest absolute Gasteiger partial charge is 0.347 e. The lowest BCUT2D eigenvalue weighted by atomic mass is 9.99. The van der Waals surface area contributed by atoms with Crippen molar-refractivity contribution < 1.29 is 24.5 Å². The molecule has 2 atom stereocenters. The van der Waals surface area contributed by atoms with Crippen molar-refractivity contribution in [3.63, 3.8) is 0 Å². The van der Waals surface area contributed by atoms with Gasteiger partial charge < -0.3 is 14.9 Å². The number of unbranched alkanes of at least 4 members (excludes halogenated alkanes) is 2. The molecule has 5 nitrogen and oxygen atoms in total. The van der Waals surface area contributed by atoms with E-state index in [0.29, 0.717) is 6.42 Å². The standard InChI is InChI=1S/C12H22O5/c1-4-5-6-7-10(14)17-12(3,11(15)16)8-9(2)13/h9,13H,4-8H2,1-3H3,(H,15,16). The number of hydrogen-bond acceptors (Lipinski definition) is 4. The third kappa shape index (κ3) is 6.26. The van der Waals surface area contributed by atoms with Crippen LogP contribution in [0.5, 0.6) is 0 Å². The number of carboxylic acids is 1. The summed E-state index contributed by atoms with van der Waals surface area (Å²) in [4.78, 5) is 22.5. The number of aliphatic hydroxyl groups is 1. The van der Waals surface area contributed by atoms with Crippen LogP contribution in [0.15, 0.2) is 0 Å². The van der Waals surface area contributed by atoms with Crippen LogP contribution >= 0.6 is 0 Å². The number of aliphatic carboxylic acids is 1. The van der Waals surface area contributed by atoms with Crippen LogP contribution in [0.4, 0.5) is 0 Å². The van der Waals surface area contributed by atoms with Crippen LogP contribution in [0.2, 0.25) is 0 Å². The molecule has 0 spiro atoms. The van der Waals surface area contributed by atoms with E-state index >= 15 is 0 Å². The number of carboxylic acid groups (broad SMARTS) is 1. The van der Waals surface area contributed by atoms with E-state index in [1.54, 1.807) is 0 Å². The van der Waals surface area contributed by atoms with Crippen molar-refractivity contribution in [3.05, 3.63) is 0 Å². The van der Waals surface area contributed by atoms with Gasteiger partial charge in [-0.1, -0.05) is 19.8 Å². The maximum atomic E-state index is 11.5. The summed E-state index contributed by atoms with van der Waals surface area (Å²) in [6.45, 7) is 4.78. The van der Waals surface area contributed by atoms with Crippen molar-refractivity contribution in [2.45, 2.75) is 64.6 Å². The summed E-state index contributed by atoms with van der Waals surface area (Å²) < 4.78 is 4.96. The second-order valence-corrected chi connectivity index (χ2v) is 4.52. The Bertz CT molecular complexity index is 262. The molecule has 0 aromatic carbocycles. The quantitative estimate of drug-likeness (QED) is 0.503. The first-order valence-electron chi connectivity index (χ1n) is 5.95. The second kappa shape index (κ2) is 7.27. The molecule has 5 heteroatoms. The zero-order chi connectivity index (χ0) is 13.5. The maximum absolute atomic E-state index is 11.5. The predicted molar refractivity (Wildman–Crippen MR) is 62.6 cm³/mol. The molecule has 2 unspecified atom stereocenters. The number of aliphatic hydroxyl groups excluding tert-OH is 1. The summed E-state index contributed by atoms with van der Waals surface area (Å²) in [6.07, 6.45) is 1.87. The van der Waals surface area contributed by atoms with Crippen molar-refractivity contribution >= 4 is 11.9 Å². The number of carbonyl (C=O) groups is 2. The molecule has 0 rings (SSSR count). The highest BCUT2D eigenvalue weighted by Gasteiger charge is 2.38. The van der Waals surface area contributed by atoms with E-state index in [1.807, 2.05) is 6.92 Å². The number of carbonyl (C=O) groups excluding carboxylic acids is 1. The fourth-order valence-corrected chi connectivity index (χ4v) is 1.56. The van der Waals surface area contributed by atoms with Gasteiger partial charge in [-0.05, 0) is 20.3 Å². The van der Waals surface area contributed by atoms with Gasteiger partial charge >= 0.3 is 11.9 Å². The van der Waals surface area contributed by atoms with E-state index in [1.165, 1.54) is 13.8 Å². The Kier molecular flexibility index (Phi) is 6.80. The Balaban J connectivity index is 4.34. The molecule has 100 valence electrons. The Hall–Kier alpha value is -1.10. The SMILES string of the molecule is CCCCCC(=O)OC(C)(CC(C)O)C(=O)O. The predicted octanol–water partition coefficient (Wildman–Crippen LogP) is 1.72. The van der Waals surface area contributed by atoms with Crippen molar-refractivity contribution in [2.24, 2.45) is 0 Å². The van der Waals surface area contributed by atoms with Gasteiger partial charge in [0, 0.05) is 12.8 Å². The summed E-state index contributed by atoms with van der Waals surface area (Å²) in [7, 11) is 0. The van der Waals surface area contributed by atoms with Gasteiger partial charge in [-0.2, -0.15) is 0 Å². The van der Waals surface area contributed by atoms with Crippen LogP contribution in [-0.4, -0.2) is 33.9 Å². The van der Waals surface area contributed by atoms with Gasteiger partial charge in [-0.15, -0.1) is 0 Å². The number of esters is 1. The zero-order valence-corrected chi connectivity index (χ0v) is 10.7. The summed E-state index contributed by atoms with van der Waals surface area (Å²) in [6, 6.07) is 0. The van der Waals surface area contributed by atoms with Crippen molar-refractivity contribution in [2.75, 3.05) is 0 Å². The molecule has 0 aromatic heterocycles. The van der Waals surface area contributed by atoms with Crippen LogP contribution in [0.25, 0.3) is 0 Å². The van der Waals surface area contributed by atoms with Crippen LogP contribution in [-0.2, 0) is 14.3 Å². The molecule has 2 N–H and O–H groups in total. The zero-order valence-electron chi connectivity index (χ0n) is 10.7. The van der Waals surface area contributed by atoms with Gasteiger partial charge in [-0.25, -0.2) is 4.79 Å². The fraction of sp³-hybridized carbons (Fsp3) is 0.833. The van der Waals surface area contributed by atoms with E-state index in [-0.39, 0.29) is 12.8 Å². The van der Waals surface area contributed by atoms with Gasteiger partial charge in [0.05, 0.1) is 6.10 Å².